The Morgan fingerprint density at radius 1 is 1.00 bits per heavy atom. The van der Waals surface area contributed by atoms with Gasteiger partial charge in [0.25, 0.3) is 0 Å². The topological polar surface area (TPSA) is 79.8 Å². The monoisotopic (exact) mass is 383 g/mol. The molecule has 2 aromatic rings. The van der Waals surface area contributed by atoms with Crippen molar-refractivity contribution in [2.75, 3.05) is 34.4 Å². The van der Waals surface area contributed by atoms with Gasteiger partial charge >= 0.3 is 7.67 Å². The molecule has 7 nitrogen and oxygen atoms in total. The third kappa shape index (κ3) is 4.27. The van der Waals surface area contributed by atoms with E-state index in [1.165, 1.54) is 21.5 Å². The Hall–Kier alpha value is -1.73. The fraction of sp³-hybridized carbons (Fsp3) is 0.312. The zero-order valence-corrected chi connectivity index (χ0v) is 16.6. The lowest BCUT2D eigenvalue weighted by molar-refractivity contribution is 0.349. The largest absolute Gasteiger partial charge is 0.403 e. The van der Waals surface area contributed by atoms with Crippen LogP contribution >= 0.6 is 7.67 Å². The highest BCUT2D eigenvalue weighted by Gasteiger charge is 2.32. The number of pyridine rings is 1. The molecule has 136 valence electrons. The van der Waals surface area contributed by atoms with Gasteiger partial charge in [0.2, 0.25) is 5.88 Å². The molecule has 0 atom stereocenters. The molecule has 0 fully saturated rings. The lowest BCUT2D eigenvalue weighted by Crippen LogP contribution is -2.24. The molecular weight excluding hydrogens is 361 g/mol. The van der Waals surface area contributed by atoms with Gasteiger partial charge in [-0.25, -0.2) is 27.3 Å². The number of aromatic nitrogens is 1. The van der Waals surface area contributed by atoms with E-state index in [1.54, 1.807) is 58.7 Å². The zero-order chi connectivity index (χ0) is 18.8. The van der Waals surface area contributed by atoms with Gasteiger partial charge in [-0.15, -0.1) is 0 Å². The summed E-state index contributed by atoms with van der Waals surface area (Å²) >= 11 is 0. The van der Waals surface area contributed by atoms with Gasteiger partial charge in [0.05, 0.1) is 4.90 Å². The minimum atomic E-state index is -3.27. The first-order valence-corrected chi connectivity index (χ1v) is 10.9. The minimum absolute atomic E-state index is 0.223. The first kappa shape index (κ1) is 19.6. The molecule has 0 amide bonds. The summed E-state index contributed by atoms with van der Waals surface area (Å²) in [7, 11) is 0.155. The quantitative estimate of drug-likeness (QED) is 0.710. The van der Waals surface area contributed by atoms with Gasteiger partial charge < -0.3 is 4.52 Å². The maximum absolute atomic E-state index is 13.1. The molecule has 0 saturated carbocycles. The van der Waals surface area contributed by atoms with Crippen molar-refractivity contribution in [3.63, 3.8) is 0 Å². The van der Waals surface area contributed by atoms with Crippen molar-refractivity contribution in [2.45, 2.75) is 4.90 Å². The average molecular weight is 383 g/mol. The molecule has 0 unspecified atom stereocenters. The van der Waals surface area contributed by atoms with Crippen LogP contribution in [0.4, 0.5) is 0 Å². The smallest absolute Gasteiger partial charge is 0.395 e. The van der Waals surface area contributed by atoms with Crippen LogP contribution in [-0.4, -0.2) is 57.2 Å². The number of hydrogen-bond donors (Lipinski definition) is 0. The Bertz CT molecular complexity index is 884. The van der Waals surface area contributed by atoms with E-state index in [0.29, 0.717) is 5.56 Å². The predicted molar refractivity (Wildman–Crippen MR) is 98.4 cm³/mol. The van der Waals surface area contributed by atoms with Crippen LogP contribution in [-0.2, 0) is 14.4 Å². The fourth-order valence-electron chi connectivity index (χ4n) is 2.20. The van der Waals surface area contributed by atoms with Crippen molar-refractivity contribution in [3.05, 3.63) is 42.6 Å². The van der Waals surface area contributed by atoms with Crippen LogP contribution in [0, 0.1) is 0 Å². The Morgan fingerprint density at radius 3 is 2.04 bits per heavy atom. The van der Waals surface area contributed by atoms with Gasteiger partial charge in [0.1, 0.15) is 0 Å². The predicted octanol–water partition coefficient (Wildman–Crippen LogP) is 2.76. The molecule has 9 heteroatoms. The van der Waals surface area contributed by atoms with E-state index in [-0.39, 0.29) is 10.8 Å². The first-order valence-electron chi connectivity index (χ1n) is 7.46. The second-order valence-electron chi connectivity index (χ2n) is 5.93. The van der Waals surface area contributed by atoms with E-state index in [0.717, 1.165) is 11.8 Å². The first-order chi connectivity index (χ1) is 11.6. The van der Waals surface area contributed by atoms with E-state index >= 15 is 0 Å². The Morgan fingerprint density at radius 2 is 1.56 bits per heavy atom. The summed E-state index contributed by atoms with van der Waals surface area (Å²) in [5, 5.41) is 0. The molecule has 0 aliphatic rings. The van der Waals surface area contributed by atoms with Crippen LogP contribution in [0.2, 0.25) is 0 Å². The van der Waals surface area contributed by atoms with E-state index in [9.17, 15) is 13.0 Å². The van der Waals surface area contributed by atoms with E-state index in [1.807, 2.05) is 0 Å². The van der Waals surface area contributed by atoms with Crippen molar-refractivity contribution >= 4 is 17.5 Å². The van der Waals surface area contributed by atoms with Crippen LogP contribution < -0.4 is 4.52 Å². The van der Waals surface area contributed by atoms with Crippen LogP contribution in [0.1, 0.15) is 0 Å². The summed E-state index contributed by atoms with van der Waals surface area (Å²) in [5.41, 5.74) is 1.35. The molecule has 1 heterocycles. The highest BCUT2D eigenvalue weighted by Crippen LogP contribution is 2.51. The second-order valence-corrected chi connectivity index (χ2v) is 10.7. The summed E-state index contributed by atoms with van der Waals surface area (Å²) in [6.45, 7) is 0. The molecule has 0 spiro atoms. The summed E-state index contributed by atoms with van der Waals surface area (Å²) < 4.78 is 45.1. The number of sulfone groups is 1. The number of benzene rings is 1. The average Bonchev–Trinajstić information content (AvgIpc) is 2.54. The van der Waals surface area contributed by atoms with Crippen LogP contribution in [0.25, 0.3) is 11.1 Å². The summed E-state index contributed by atoms with van der Waals surface area (Å²) in [6, 6.07) is 9.93. The van der Waals surface area contributed by atoms with Gasteiger partial charge in [-0.2, -0.15) is 0 Å². The van der Waals surface area contributed by atoms with Crippen molar-refractivity contribution in [2.24, 2.45) is 0 Å². The minimum Gasteiger partial charge on any atom is -0.403 e. The lowest BCUT2D eigenvalue weighted by atomic mass is 10.1. The highest BCUT2D eigenvalue weighted by molar-refractivity contribution is 7.90. The van der Waals surface area contributed by atoms with Gasteiger partial charge in [-0.3, -0.25) is 0 Å². The summed E-state index contributed by atoms with van der Waals surface area (Å²) in [4.78, 5) is 4.44. The molecule has 0 radical (unpaired) electrons. The Labute approximate surface area is 148 Å². The Balaban J connectivity index is 2.47. The summed E-state index contributed by atoms with van der Waals surface area (Å²) in [6.07, 6.45) is 2.71. The molecule has 1 aromatic carbocycles. The fourth-order valence-corrected chi connectivity index (χ4v) is 4.24. The van der Waals surface area contributed by atoms with E-state index in [2.05, 4.69) is 4.98 Å². The highest BCUT2D eigenvalue weighted by atomic mass is 32.2. The van der Waals surface area contributed by atoms with Crippen molar-refractivity contribution in [1.82, 2.24) is 14.3 Å². The van der Waals surface area contributed by atoms with Gasteiger partial charge in [-0.1, -0.05) is 12.1 Å². The number of hydrogen-bond acceptors (Lipinski definition) is 5. The third-order valence-electron chi connectivity index (χ3n) is 3.58. The van der Waals surface area contributed by atoms with Crippen LogP contribution in [0.5, 0.6) is 5.88 Å². The standard InChI is InChI=1S/C16H22N3O4PS/c1-18(2)24(20,19(3)4)23-16-15(7-6-12-17-16)13-8-10-14(11-9-13)25(5,21)22/h6-12H,1-5H3. The second kappa shape index (κ2) is 7.25. The molecule has 0 bridgehead atoms. The van der Waals surface area contributed by atoms with Crippen molar-refractivity contribution in [1.29, 1.82) is 0 Å². The van der Waals surface area contributed by atoms with Crippen molar-refractivity contribution in [3.8, 4) is 17.0 Å². The molecular formula is C16H22N3O4PS. The molecule has 0 aliphatic heterocycles. The van der Waals surface area contributed by atoms with Gasteiger partial charge in [0.15, 0.2) is 9.84 Å². The summed E-state index contributed by atoms with van der Waals surface area (Å²) in [5.74, 6) is 0.223. The molecule has 2 rings (SSSR count). The maximum Gasteiger partial charge on any atom is 0.395 e. The SMILES string of the molecule is CN(C)P(=O)(Oc1ncccc1-c1ccc(S(C)(=O)=O)cc1)N(C)C. The van der Waals surface area contributed by atoms with E-state index in [4.69, 9.17) is 4.52 Å². The van der Waals surface area contributed by atoms with Gasteiger partial charge in [0, 0.05) is 18.0 Å². The molecule has 0 saturated heterocycles. The normalized spacial score (nSPS) is 12.6. The maximum atomic E-state index is 13.1. The molecule has 0 aliphatic carbocycles. The molecule has 1 aromatic heterocycles. The van der Waals surface area contributed by atoms with Gasteiger partial charge in [-0.05, 0) is 58.0 Å². The zero-order valence-electron chi connectivity index (χ0n) is 14.9. The lowest BCUT2D eigenvalue weighted by Gasteiger charge is -2.29. The van der Waals surface area contributed by atoms with Crippen molar-refractivity contribution < 1.29 is 17.5 Å². The molecule has 0 N–H and O–H groups in total. The third-order valence-corrected chi connectivity index (χ3v) is 7.14. The molecule has 25 heavy (non-hydrogen) atoms. The van der Waals surface area contributed by atoms with E-state index < -0.39 is 17.5 Å². The number of rotatable bonds is 6. The Kier molecular flexibility index (Phi) is 5.68. The van der Waals surface area contributed by atoms with Crippen LogP contribution in [0.15, 0.2) is 47.5 Å². The number of nitrogens with zero attached hydrogens (tertiary/aromatic N) is 3. The van der Waals surface area contributed by atoms with Crippen LogP contribution in [0.3, 0.4) is 0 Å².